The molecule has 16 aromatic carbocycles. The Hall–Kier alpha value is -13.6. The van der Waals surface area contributed by atoms with Crippen LogP contribution >= 0.6 is 0 Å². The van der Waals surface area contributed by atoms with E-state index in [1.165, 1.54) is 144 Å². The number of aromatic nitrogens is 3. The van der Waals surface area contributed by atoms with Gasteiger partial charge in [0.2, 0.25) is 5.95 Å². The summed E-state index contributed by atoms with van der Waals surface area (Å²) in [6.45, 7) is 48.3. The Bertz CT molecular complexity index is 7360. The quantitative estimate of drug-likeness (QED) is 0.109. The molecule has 1 aliphatic carbocycles. The summed E-state index contributed by atoms with van der Waals surface area (Å²) in [6.07, 6.45) is 0. The maximum absolute atomic E-state index is 5.86. The van der Waals surface area contributed by atoms with E-state index >= 15 is 0 Å². The van der Waals surface area contributed by atoms with Gasteiger partial charge in [-0.3, -0.25) is 4.57 Å². The summed E-state index contributed by atoms with van der Waals surface area (Å²) in [6, 6.07) is 125. The molecule has 0 fully saturated rings. The summed E-state index contributed by atoms with van der Waals surface area (Å²) in [5.41, 5.74) is 51.0. The van der Waals surface area contributed by atoms with Gasteiger partial charge in [-0.05, 0) is 379 Å². The lowest BCUT2D eigenvalue weighted by Gasteiger charge is -2.23. The molecular formula is C126H117N3. The van der Waals surface area contributed by atoms with Gasteiger partial charge in [0.15, 0.2) is 0 Å². The van der Waals surface area contributed by atoms with Gasteiger partial charge in [-0.25, -0.2) is 9.97 Å². The zero-order chi connectivity index (χ0) is 90.2. The molecule has 0 unspecified atom stereocenters. The van der Waals surface area contributed by atoms with Crippen LogP contribution < -0.4 is 0 Å². The molecule has 0 saturated heterocycles. The second-order valence-electron chi connectivity index (χ2n) is 41.5. The van der Waals surface area contributed by atoms with Crippen LogP contribution in [0.4, 0.5) is 0 Å². The normalized spacial score (nSPS) is 12.8. The van der Waals surface area contributed by atoms with Crippen LogP contribution in [0.3, 0.4) is 0 Å². The highest BCUT2D eigenvalue weighted by molar-refractivity contribution is 6.12. The zero-order valence-corrected chi connectivity index (χ0v) is 79.0. The minimum atomic E-state index is -0.247. The molecule has 18 aromatic rings. The van der Waals surface area contributed by atoms with Crippen molar-refractivity contribution in [1.29, 1.82) is 0 Å². The lowest BCUT2D eigenvalue weighted by atomic mass is 9.82. The van der Waals surface area contributed by atoms with Gasteiger partial charge in [0.25, 0.3) is 0 Å². The summed E-state index contributed by atoms with van der Waals surface area (Å²) in [4.78, 5) is 11.7. The number of fused-ring (bicyclic) bond motifs is 6. The van der Waals surface area contributed by atoms with E-state index in [-0.39, 0.29) is 27.1 Å². The fourth-order valence-electron chi connectivity index (χ4n) is 20.5. The Morgan fingerprint density at radius 2 is 0.512 bits per heavy atom. The summed E-state index contributed by atoms with van der Waals surface area (Å²) < 4.78 is 2.34. The van der Waals surface area contributed by atoms with E-state index in [2.05, 4.69) is 478 Å². The zero-order valence-electron chi connectivity index (χ0n) is 79.0. The van der Waals surface area contributed by atoms with Crippen molar-refractivity contribution in [3.05, 3.63) is 400 Å². The third-order valence-electron chi connectivity index (χ3n) is 27.6. The SMILES string of the molecule is Cc1cc(C(C)(C)C)ccc1-c1cccc(-c2cc(-c3cccc(-c4cccc(-c5cc(-c6cccc(-c7cc(-c8cccc(-c9c(C)cc(C(C)(C)C)cc9C)c8)cc(-c8cccc(-c9c(C)cc(C(C)(C)C)cc9C)c8)c7)c6)nc(-n6c7ccccc7c7cc8c(cc76)C(C)(C)c6ccccc6-8)n5)c4)c3)cc(-c3cccc(-c4c(C)cc(C(C)(C)C)cc4C)c3)c2)c1. The third-order valence-corrected chi connectivity index (χ3v) is 27.6. The van der Waals surface area contributed by atoms with E-state index in [1.807, 2.05) is 0 Å². The fraction of sp³-hybridized carbons (Fsp3) is 0.206. The molecule has 0 bridgehead atoms. The molecule has 19 rings (SSSR count). The molecule has 3 heteroatoms. The van der Waals surface area contributed by atoms with Gasteiger partial charge < -0.3 is 0 Å². The van der Waals surface area contributed by atoms with Gasteiger partial charge in [-0.2, -0.15) is 0 Å². The van der Waals surface area contributed by atoms with Crippen LogP contribution in [0.2, 0.25) is 0 Å². The first-order valence-corrected chi connectivity index (χ1v) is 46.1. The minimum Gasteiger partial charge on any atom is -0.278 e. The van der Waals surface area contributed by atoms with Crippen molar-refractivity contribution in [1.82, 2.24) is 14.5 Å². The maximum atomic E-state index is 5.86. The van der Waals surface area contributed by atoms with Crippen molar-refractivity contribution in [2.75, 3.05) is 0 Å². The van der Waals surface area contributed by atoms with Crippen molar-refractivity contribution < 1.29 is 0 Å². The monoisotopic (exact) mass is 1670 g/mol. The topological polar surface area (TPSA) is 30.7 Å². The Balaban J connectivity index is 0.763. The fourth-order valence-corrected chi connectivity index (χ4v) is 20.5. The van der Waals surface area contributed by atoms with E-state index in [0.717, 1.165) is 106 Å². The van der Waals surface area contributed by atoms with Crippen LogP contribution in [0, 0.1) is 48.5 Å². The second kappa shape index (κ2) is 32.3. The Labute approximate surface area is 765 Å². The van der Waals surface area contributed by atoms with Crippen LogP contribution in [-0.4, -0.2) is 14.5 Å². The molecule has 636 valence electrons. The predicted molar refractivity (Wildman–Crippen MR) is 553 cm³/mol. The number of hydrogen-bond acceptors (Lipinski definition) is 2. The van der Waals surface area contributed by atoms with Gasteiger partial charge >= 0.3 is 0 Å². The molecule has 0 N–H and O–H groups in total. The summed E-state index contributed by atoms with van der Waals surface area (Å²) in [5.74, 6) is 0.602. The molecule has 1 aliphatic rings. The number of benzene rings is 16. The van der Waals surface area contributed by atoms with E-state index in [1.54, 1.807) is 0 Å². The average molecular weight is 1670 g/mol. The molecule has 0 aliphatic heterocycles. The van der Waals surface area contributed by atoms with E-state index in [0.29, 0.717) is 5.95 Å². The number of nitrogens with zero attached hydrogens (tertiary/aromatic N) is 3. The lowest BCUT2D eigenvalue weighted by Crippen LogP contribution is -2.15. The van der Waals surface area contributed by atoms with E-state index < -0.39 is 0 Å². The van der Waals surface area contributed by atoms with Crippen LogP contribution in [-0.2, 0) is 27.1 Å². The van der Waals surface area contributed by atoms with E-state index in [4.69, 9.17) is 9.97 Å². The van der Waals surface area contributed by atoms with Crippen LogP contribution in [0.1, 0.15) is 169 Å². The molecule has 0 radical (unpaired) electrons. The van der Waals surface area contributed by atoms with Gasteiger partial charge in [0.1, 0.15) is 0 Å². The molecule has 0 atom stereocenters. The number of para-hydroxylation sites is 1. The van der Waals surface area contributed by atoms with Crippen molar-refractivity contribution in [2.24, 2.45) is 0 Å². The third kappa shape index (κ3) is 16.1. The van der Waals surface area contributed by atoms with Crippen LogP contribution in [0.25, 0.3) is 184 Å². The predicted octanol–water partition coefficient (Wildman–Crippen LogP) is 34.9. The first-order chi connectivity index (χ1) is 61.5. The van der Waals surface area contributed by atoms with Gasteiger partial charge in [0, 0.05) is 27.3 Å². The smallest absolute Gasteiger partial charge is 0.235 e. The van der Waals surface area contributed by atoms with Crippen molar-refractivity contribution in [3.8, 4) is 162 Å². The molecule has 2 aromatic heterocycles. The van der Waals surface area contributed by atoms with Crippen molar-refractivity contribution in [2.45, 2.75) is 172 Å². The maximum Gasteiger partial charge on any atom is 0.235 e. The molecule has 0 saturated carbocycles. The molecule has 129 heavy (non-hydrogen) atoms. The first kappa shape index (κ1) is 84.9. The highest BCUT2D eigenvalue weighted by Gasteiger charge is 2.37. The first-order valence-electron chi connectivity index (χ1n) is 46.1. The Morgan fingerprint density at radius 1 is 0.209 bits per heavy atom. The Kier molecular flexibility index (Phi) is 21.3. The molecule has 3 nitrogen and oxygen atoms in total. The number of aryl methyl sites for hydroxylation is 7. The van der Waals surface area contributed by atoms with Crippen molar-refractivity contribution >= 4 is 21.8 Å². The summed E-state index contributed by atoms with van der Waals surface area (Å²) in [5, 5.41) is 2.32. The average Bonchev–Trinajstić information content (AvgIpc) is 1.55. The Morgan fingerprint density at radius 3 is 0.891 bits per heavy atom. The highest BCUT2D eigenvalue weighted by atomic mass is 15.2. The van der Waals surface area contributed by atoms with Gasteiger partial charge in [-0.15, -0.1) is 0 Å². The molecule has 0 spiro atoms. The summed E-state index contributed by atoms with van der Waals surface area (Å²) in [7, 11) is 0. The highest BCUT2D eigenvalue weighted by Crippen LogP contribution is 2.52. The van der Waals surface area contributed by atoms with Gasteiger partial charge in [-0.1, -0.05) is 321 Å². The molecule has 2 heterocycles. The minimum absolute atomic E-state index is 0.0283. The van der Waals surface area contributed by atoms with Gasteiger partial charge in [0.05, 0.1) is 22.4 Å². The molecule has 0 amide bonds. The second-order valence-corrected chi connectivity index (χ2v) is 41.5. The van der Waals surface area contributed by atoms with E-state index in [9.17, 15) is 0 Å². The number of hydrogen-bond donors (Lipinski definition) is 0. The lowest BCUT2D eigenvalue weighted by molar-refractivity contribution is 0.589. The van der Waals surface area contributed by atoms with Crippen LogP contribution in [0.5, 0.6) is 0 Å². The van der Waals surface area contributed by atoms with Crippen molar-refractivity contribution in [3.63, 3.8) is 0 Å². The van der Waals surface area contributed by atoms with Crippen LogP contribution in [0.15, 0.2) is 328 Å². The number of rotatable bonds is 14. The largest absolute Gasteiger partial charge is 0.278 e. The standard InChI is InChI=1S/C126H117N3/c1-76-53-103(122(8,9)10)51-52-107(76)91-41-27-36-86(61-91)98-67-97(68-100(69-98)88-38-30-44-94(64-88)118-77(2)54-104(55-78(118)3)123(11,12)13)85-35-26-33-83(60-85)84-34-28-42-92(62-84)114-75-115(128-121(127-114)129-116-50-25-23-48-109(116)111-73-110-108-47-22-24-49-112(108)126(20,21)113(110)74-117(111)129)93-43-29-37-87(63-93)99-70-101(89-39-31-45-95(65-89)119-79(4)56-105(57-80(119)5)124(14,15)16)72-102(71-99)90-40-32-46-96(66-90)120-81(6)58-106(59-82(120)7)125(17,18)19/h22-75H,1-21H3. The summed E-state index contributed by atoms with van der Waals surface area (Å²) >= 11 is 0. The molecular weight excluding hydrogens is 1560 g/mol.